The number of ether oxygens (including phenoxy) is 1. The lowest BCUT2D eigenvalue weighted by Crippen LogP contribution is -2.40. The summed E-state index contributed by atoms with van der Waals surface area (Å²) in [5.74, 6) is 1.12. The molecule has 2 bridgehead atoms. The summed E-state index contributed by atoms with van der Waals surface area (Å²) >= 11 is 0. The van der Waals surface area contributed by atoms with E-state index in [4.69, 9.17) is 4.74 Å². The van der Waals surface area contributed by atoms with Crippen LogP contribution in [0.25, 0.3) is 0 Å². The maximum Gasteiger partial charge on any atom is 0.318 e. The lowest BCUT2D eigenvalue weighted by molar-refractivity contribution is -0.154. The lowest BCUT2D eigenvalue weighted by Gasteiger charge is -2.36. The maximum absolute atomic E-state index is 11.5. The molecule has 14 heavy (non-hydrogen) atoms. The Kier molecular flexibility index (Phi) is 1.00. The van der Waals surface area contributed by atoms with Crippen molar-refractivity contribution in [2.75, 3.05) is 0 Å². The number of hydrogen-bond donors (Lipinski definition) is 0. The van der Waals surface area contributed by atoms with Crippen LogP contribution < -0.4 is 0 Å². The summed E-state index contributed by atoms with van der Waals surface area (Å²) < 4.78 is 4.74. The first kappa shape index (κ1) is 7.21. The Balaban J connectivity index is 1.88. The predicted molar refractivity (Wildman–Crippen MR) is 45.8 cm³/mol. The molecule has 0 amide bonds. The molecule has 3 heteroatoms. The molecule has 0 aromatic carbocycles. The van der Waals surface area contributed by atoms with Crippen molar-refractivity contribution in [3.8, 4) is 0 Å². The minimum Gasteiger partial charge on any atom is -0.393 e. The Hall–Kier alpha value is -1.12. The van der Waals surface area contributed by atoms with E-state index in [1.807, 2.05) is 0 Å². The van der Waals surface area contributed by atoms with Gasteiger partial charge in [-0.3, -0.25) is 9.59 Å². The highest BCUT2D eigenvalue weighted by Crippen LogP contribution is 2.65. The summed E-state index contributed by atoms with van der Waals surface area (Å²) in [5, 5.41) is 0. The number of rotatable bonds is 0. The van der Waals surface area contributed by atoms with E-state index in [0.29, 0.717) is 23.7 Å². The van der Waals surface area contributed by atoms with Gasteiger partial charge < -0.3 is 4.74 Å². The molecule has 4 aliphatic carbocycles. The van der Waals surface area contributed by atoms with Crippen molar-refractivity contribution in [2.24, 2.45) is 35.5 Å². The number of allylic oxidation sites excluding steroid dienone is 2. The molecule has 0 N–H and O–H groups in total. The van der Waals surface area contributed by atoms with Gasteiger partial charge in [-0.2, -0.15) is 0 Å². The molecule has 1 heterocycles. The molecule has 5 aliphatic rings. The van der Waals surface area contributed by atoms with E-state index < -0.39 is 0 Å². The largest absolute Gasteiger partial charge is 0.393 e. The van der Waals surface area contributed by atoms with Gasteiger partial charge in [0.2, 0.25) is 0 Å². The van der Waals surface area contributed by atoms with E-state index in [9.17, 15) is 9.59 Å². The fourth-order valence-corrected chi connectivity index (χ4v) is 3.76. The average Bonchev–Trinajstić information content (AvgIpc) is 2.92. The third-order valence-electron chi connectivity index (χ3n) is 4.40. The molecule has 0 spiro atoms. The monoisotopic (exact) mass is 190 g/mol. The zero-order valence-corrected chi connectivity index (χ0v) is 7.55. The molecule has 3 fully saturated rings. The van der Waals surface area contributed by atoms with Gasteiger partial charge >= 0.3 is 11.9 Å². The van der Waals surface area contributed by atoms with Gasteiger partial charge in [0.05, 0.1) is 11.8 Å². The molecule has 1 saturated heterocycles. The summed E-state index contributed by atoms with van der Waals surface area (Å²) in [6, 6.07) is 0. The van der Waals surface area contributed by atoms with Gasteiger partial charge in [0.1, 0.15) is 0 Å². The Labute approximate surface area is 81.1 Å². The van der Waals surface area contributed by atoms with Gasteiger partial charge in [-0.05, 0) is 30.1 Å². The minimum atomic E-state index is -0.273. The van der Waals surface area contributed by atoms with E-state index in [0.717, 1.165) is 0 Å². The van der Waals surface area contributed by atoms with Crippen LogP contribution in [0.1, 0.15) is 6.42 Å². The molecule has 5 rings (SSSR count). The van der Waals surface area contributed by atoms with E-state index in [1.165, 1.54) is 6.42 Å². The highest BCUT2D eigenvalue weighted by atomic mass is 16.6. The van der Waals surface area contributed by atoms with Crippen molar-refractivity contribution in [1.82, 2.24) is 0 Å². The fourth-order valence-electron chi connectivity index (χ4n) is 3.76. The molecule has 3 nitrogen and oxygen atoms in total. The van der Waals surface area contributed by atoms with E-state index in [-0.39, 0.29) is 23.8 Å². The van der Waals surface area contributed by atoms with Crippen LogP contribution in [0.4, 0.5) is 0 Å². The zero-order chi connectivity index (χ0) is 9.45. The number of carbonyl (C=O) groups excluding carboxylic acids is 2. The van der Waals surface area contributed by atoms with Crippen molar-refractivity contribution in [2.45, 2.75) is 6.42 Å². The Morgan fingerprint density at radius 1 is 1.00 bits per heavy atom. The number of cyclic esters (lactones) is 2. The fraction of sp³-hybridized carbons (Fsp3) is 0.636. The minimum absolute atomic E-state index is 0.138. The Morgan fingerprint density at radius 2 is 1.50 bits per heavy atom. The van der Waals surface area contributed by atoms with Crippen LogP contribution in [0.15, 0.2) is 12.2 Å². The standard InChI is InChI=1S/C11H10O3/c12-10-8-4-1-2-5(7-3-6(4)7)9(8)11(13)14-10/h1-2,4-9H,3H2/t4-,5+,6-,7-,8+,9+/m1/s1. The summed E-state index contributed by atoms with van der Waals surface area (Å²) in [5.41, 5.74) is 0. The molecule has 2 saturated carbocycles. The molecule has 0 aromatic rings. The Bertz CT molecular complexity index is 350. The first-order chi connectivity index (χ1) is 6.77. The van der Waals surface area contributed by atoms with Crippen LogP contribution in [0.3, 0.4) is 0 Å². The highest BCUT2D eigenvalue weighted by Gasteiger charge is 2.66. The second-order valence-electron chi connectivity index (χ2n) is 4.89. The highest BCUT2D eigenvalue weighted by molar-refractivity contribution is 5.97. The van der Waals surface area contributed by atoms with E-state index >= 15 is 0 Å². The SMILES string of the molecule is O=C1OC(=O)[C@H]2[C@H]3C=C[C@H]([C@H]4C[C@H]34)[C@H]12. The van der Waals surface area contributed by atoms with Gasteiger partial charge in [0, 0.05) is 0 Å². The summed E-state index contributed by atoms with van der Waals surface area (Å²) in [7, 11) is 0. The molecule has 6 atom stereocenters. The van der Waals surface area contributed by atoms with Crippen LogP contribution in [0, 0.1) is 35.5 Å². The van der Waals surface area contributed by atoms with E-state index in [1.54, 1.807) is 0 Å². The van der Waals surface area contributed by atoms with Crippen molar-refractivity contribution < 1.29 is 14.3 Å². The first-order valence-electron chi connectivity index (χ1n) is 5.21. The molecule has 72 valence electrons. The van der Waals surface area contributed by atoms with Gasteiger partial charge in [0.15, 0.2) is 0 Å². The van der Waals surface area contributed by atoms with Crippen molar-refractivity contribution in [1.29, 1.82) is 0 Å². The maximum atomic E-state index is 11.5. The third-order valence-corrected chi connectivity index (χ3v) is 4.40. The van der Waals surface area contributed by atoms with Gasteiger partial charge in [-0.25, -0.2) is 0 Å². The molecule has 0 aromatic heterocycles. The first-order valence-corrected chi connectivity index (χ1v) is 5.21. The van der Waals surface area contributed by atoms with Gasteiger partial charge in [-0.15, -0.1) is 0 Å². The molecular weight excluding hydrogens is 180 g/mol. The van der Waals surface area contributed by atoms with Crippen molar-refractivity contribution in [3.63, 3.8) is 0 Å². The number of esters is 2. The Morgan fingerprint density at radius 3 is 2.00 bits per heavy atom. The van der Waals surface area contributed by atoms with Crippen LogP contribution >= 0.6 is 0 Å². The van der Waals surface area contributed by atoms with Crippen LogP contribution in [0.5, 0.6) is 0 Å². The van der Waals surface area contributed by atoms with Gasteiger partial charge in [0.25, 0.3) is 0 Å². The smallest absolute Gasteiger partial charge is 0.318 e. The quantitative estimate of drug-likeness (QED) is 0.321. The van der Waals surface area contributed by atoms with Crippen molar-refractivity contribution in [3.05, 3.63) is 12.2 Å². The summed E-state index contributed by atoms with van der Waals surface area (Å²) in [6.45, 7) is 0. The van der Waals surface area contributed by atoms with Crippen molar-refractivity contribution >= 4 is 11.9 Å². The number of hydrogen-bond acceptors (Lipinski definition) is 3. The molecule has 0 radical (unpaired) electrons. The topological polar surface area (TPSA) is 43.4 Å². The average molecular weight is 190 g/mol. The number of carbonyl (C=O) groups is 2. The van der Waals surface area contributed by atoms with Crippen LogP contribution in [-0.2, 0) is 14.3 Å². The lowest BCUT2D eigenvalue weighted by atomic mass is 9.63. The third kappa shape index (κ3) is 0.606. The molecule has 1 aliphatic heterocycles. The second-order valence-corrected chi connectivity index (χ2v) is 4.89. The molecular formula is C11H10O3. The zero-order valence-electron chi connectivity index (χ0n) is 7.55. The van der Waals surface area contributed by atoms with Crippen LogP contribution in [0.2, 0.25) is 0 Å². The second kappa shape index (κ2) is 1.95. The van der Waals surface area contributed by atoms with Crippen LogP contribution in [-0.4, -0.2) is 11.9 Å². The summed E-state index contributed by atoms with van der Waals surface area (Å²) in [6.07, 6.45) is 5.48. The van der Waals surface area contributed by atoms with Gasteiger partial charge in [-0.1, -0.05) is 12.2 Å². The normalized spacial score (nSPS) is 56.9. The predicted octanol–water partition coefficient (Wildman–Crippen LogP) is 0.754. The summed E-state index contributed by atoms with van der Waals surface area (Å²) in [4.78, 5) is 23.0. The van der Waals surface area contributed by atoms with E-state index in [2.05, 4.69) is 12.2 Å². The molecule has 0 unspecified atom stereocenters.